The predicted octanol–water partition coefficient (Wildman–Crippen LogP) is 2.29. The summed E-state index contributed by atoms with van der Waals surface area (Å²) in [5.41, 5.74) is 4.12. The van der Waals surface area contributed by atoms with Gasteiger partial charge in [-0.25, -0.2) is 9.97 Å². The van der Waals surface area contributed by atoms with Gasteiger partial charge in [-0.15, -0.1) is 0 Å². The van der Waals surface area contributed by atoms with Crippen LogP contribution in [0.1, 0.15) is 34.6 Å². The zero-order chi connectivity index (χ0) is 15.7. The number of fused-ring (bicyclic) bond motifs is 1. The molecule has 0 aliphatic carbocycles. The van der Waals surface area contributed by atoms with E-state index in [4.69, 9.17) is 0 Å². The highest BCUT2D eigenvalue weighted by molar-refractivity contribution is 7.78. The summed E-state index contributed by atoms with van der Waals surface area (Å²) in [6, 6.07) is 5.96. The third kappa shape index (κ3) is 2.94. The molecule has 5 nitrogen and oxygen atoms in total. The van der Waals surface area contributed by atoms with Crippen LogP contribution in [0.5, 0.6) is 0 Å². The molecule has 2 heterocycles. The van der Waals surface area contributed by atoms with E-state index in [1.165, 1.54) is 0 Å². The highest BCUT2D eigenvalue weighted by atomic mass is 32.1. The van der Waals surface area contributed by atoms with E-state index in [1.54, 1.807) is 0 Å². The zero-order valence-corrected chi connectivity index (χ0v) is 13.7. The molecule has 3 rings (SSSR count). The van der Waals surface area contributed by atoms with E-state index in [0.717, 1.165) is 48.4 Å². The van der Waals surface area contributed by atoms with Crippen molar-refractivity contribution in [1.29, 1.82) is 0 Å². The molecule has 1 aliphatic rings. The van der Waals surface area contributed by atoms with E-state index in [1.807, 2.05) is 36.9 Å². The molecular formula is C16H20N4OS. The molecule has 0 atom stereocenters. The molecule has 1 N–H and O–H groups in total. The van der Waals surface area contributed by atoms with Crippen LogP contribution in [0.3, 0.4) is 0 Å². The second kappa shape index (κ2) is 6.22. The fourth-order valence-electron chi connectivity index (χ4n) is 2.76. The van der Waals surface area contributed by atoms with E-state index in [0.29, 0.717) is 11.6 Å². The van der Waals surface area contributed by atoms with Crippen molar-refractivity contribution < 1.29 is 4.79 Å². The summed E-state index contributed by atoms with van der Waals surface area (Å²) in [5.74, 6) is 0.0690. The Morgan fingerprint density at radius 1 is 1.18 bits per heavy atom. The van der Waals surface area contributed by atoms with Crippen LogP contribution in [0.25, 0.3) is 11.0 Å². The topological polar surface area (TPSA) is 58.1 Å². The first-order chi connectivity index (χ1) is 10.6. The van der Waals surface area contributed by atoms with Crippen LogP contribution in [0.15, 0.2) is 18.2 Å². The number of nitrogens with zero attached hydrogens (tertiary/aromatic N) is 3. The summed E-state index contributed by atoms with van der Waals surface area (Å²) in [6.45, 7) is 5.40. The number of hydrogen-bond donors (Lipinski definition) is 2. The Kier molecular flexibility index (Phi) is 4.31. The quantitative estimate of drug-likeness (QED) is 0.835. The van der Waals surface area contributed by atoms with Gasteiger partial charge < -0.3 is 4.90 Å². The fraction of sp³-hybridized carbons (Fsp3) is 0.438. The highest BCUT2D eigenvalue weighted by Gasteiger charge is 2.23. The van der Waals surface area contributed by atoms with Gasteiger partial charge in [-0.1, -0.05) is 12.8 Å². The normalized spacial score (nSPS) is 16.2. The molecule has 116 valence electrons. The van der Waals surface area contributed by atoms with E-state index in [2.05, 4.69) is 27.5 Å². The maximum absolute atomic E-state index is 12.6. The van der Waals surface area contributed by atoms with Crippen molar-refractivity contribution in [2.75, 3.05) is 13.1 Å². The summed E-state index contributed by atoms with van der Waals surface area (Å²) in [7, 11) is 0. The average Bonchev–Trinajstić information content (AvgIpc) is 2.55. The number of aryl methyl sites for hydroxylation is 2. The molecule has 0 bridgehead atoms. The van der Waals surface area contributed by atoms with Crippen LogP contribution < -0.4 is 4.72 Å². The highest BCUT2D eigenvalue weighted by Crippen LogP contribution is 2.18. The number of nitrogens with one attached hydrogen (secondary N) is 1. The van der Waals surface area contributed by atoms with Crippen molar-refractivity contribution >= 4 is 29.8 Å². The second-order valence-corrected chi connectivity index (χ2v) is 6.05. The van der Waals surface area contributed by atoms with Crippen molar-refractivity contribution in [2.45, 2.75) is 32.7 Å². The van der Waals surface area contributed by atoms with Gasteiger partial charge in [-0.05, 0) is 44.9 Å². The minimum Gasteiger partial charge on any atom is -0.339 e. The largest absolute Gasteiger partial charge is 0.339 e. The minimum atomic E-state index is 0.0690. The molecule has 0 spiro atoms. The minimum absolute atomic E-state index is 0.0690. The van der Waals surface area contributed by atoms with Gasteiger partial charge in [-0.3, -0.25) is 9.52 Å². The van der Waals surface area contributed by atoms with Crippen molar-refractivity contribution in [2.24, 2.45) is 0 Å². The van der Waals surface area contributed by atoms with Crippen LogP contribution >= 0.6 is 12.8 Å². The molecule has 1 fully saturated rings. The summed E-state index contributed by atoms with van der Waals surface area (Å²) < 4.78 is 2.98. The number of thiol groups is 1. The SMILES string of the molecule is Cc1nc2ccc(C(=O)N3CCC(NS)CC3)cc2nc1C. The van der Waals surface area contributed by atoms with E-state index >= 15 is 0 Å². The molecule has 1 aliphatic heterocycles. The van der Waals surface area contributed by atoms with Crippen molar-refractivity contribution in [3.8, 4) is 0 Å². The standard InChI is InChI=1S/C16H20N4OS/c1-10-11(2)18-15-9-12(3-4-14(15)17-10)16(21)20-7-5-13(19-22)6-8-20/h3-4,9,13,19,22H,5-8H2,1-2H3. The number of likely N-dealkylation sites (tertiary alicyclic amines) is 1. The first-order valence-electron chi connectivity index (χ1n) is 7.52. The van der Waals surface area contributed by atoms with Crippen LogP contribution in [0, 0.1) is 13.8 Å². The number of carbonyl (C=O) groups is 1. The monoisotopic (exact) mass is 316 g/mol. The van der Waals surface area contributed by atoms with Crippen LogP contribution in [0.4, 0.5) is 0 Å². The molecule has 2 aromatic rings. The molecule has 1 aromatic carbocycles. The summed E-state index contributed by atoms with van der Waals surface area (Å²) in [4.78, 5) is 23.6. The summed E-state index contributed by atoms with van der Waals surface area (Å²) in [6.07, 6.45) is 1.86. The number of hydrogen-bond acceptors (Lipinski definition) is 5. The summed E-state index contributed by atoms with van der Waals surface area (Å²) >= 11 is 4.10. The number of rotatable bonds is 2. The van der Waals surface area contributed by atoms with E-state index in [-0.39, 0.29) is 5.91 Å². The lowest BCUT2D eigenvalue weighted by molar-refractivity contribution is 0.0712. The van der Waals surface area contributed by atoms with Crippen molar-refractivity contribution in [1.82, 2.24) is 19.6 Å². The van der Waals surface area contributed by atoms with Crippen molar-refractivity contribution in [3.05, 3.63) is 35.2 Å². The third-order valence-electron chi connectivity index (χ3n) is 4.29. The third-order valence-corrected chi connectivity index (χ3v) is 4.65. The molecular weight excluding hydrogens is 296 g/mol. The van der Waals surface area contributed by atoms with Gasteiger partial charge in [0.1, 0.15) is 0 Å². The smallest absolute Gasteiger partial charge is 0.253 e. The van der Waals surface area contributed by atoms with Crippen LogP contribution in [-0.4, -0.2) is 39.9 Å². The molecule has 0 saturated carbocycles. The molecule has 6 heteroatoms. The van der Waals surface area contributed by atoms with E-state index < -0.39 is 0 Å². The lowest BCUT2D eigenvalue weighted by Crippen LogP contribution is -2.42. The maximum Gasteiger partial charge on any atom is 0.253 e. The van der Waals surface area contributed by atoms with Gasteiger partial charge in [0.15, 0.2) is 0 Å². The molecule has 0 radical (unpaired) electrons. The zero-order valence-electron chi connectivity index (χ0n) is 12.8. The lowest BCUT2D eigenvalue weighted by Gasteiger charge is -2.31. The number of benzene rings is 1. The molecule has 0 unspecified atom stereocenters. The Labute approximate surface area is 135 Å². The second-order valence-electron chi connectivity index (χ2n) is 5.79. The fourth-order valence-corrected chi connectivity index (χ4v) is 3.02. The number of carbonyl (C=O) groups excluding carboxylic acids is 1. The number of aromatic nitrogens is 2. The molecule has 1 amide bonds. The Morgan fingerprint density at radius 2 is 1.82 bits per heavy atom. The average molecular weight is 316 g/mol. The molecule has 1 saturated heterocycles. The van der Waals surface area contributed by atoms with Crippen molar-refractivity contribution in [3.63, 3.8) is 0 Å². The summed E-state index contributed by atoms with van der Waals surface area (Å²) in [5, 5.41) is 0. The van der Waals surface area contributed by atoms with Gasteiger partial charge in [0.05, 0.1) is 22.4 Å². The number of piperidine rings is 1. The Hall–Kier alpha value is -1.66. The molecule has 1 aromatic heterocycles. The first kappa shape index (κ1) is 15.2. The first-order valence-corrected chi connectivity index (χ1v) is 7.97. The van der Waals surface area contributed by atoms with Gasteiger partial charge in [-0.2, -0.15) is 0 Å². The Balaban J connectivity index is 1.84. The van der Waals surface area contributed by atoms with Gasteiger partial charge in [0.25, 0.3) is 5.91 Å². The predicted molar refractivity (Wildman–Crippen MR) is 90.1 cm³/mol. The number of amides is 1. The molecule has 22 heavy (non-hydrogen) atoms. The van der Waals surface area contributed by atoms with Crippen LogP contribution in [0.2, 0.25) is 0 Å². The Bertz CT molecular complexity index is 711. The van der Waals surface area contributed by atoms with E-state index in [9.17, 15) is 4.79 Å². The maximum atomic E-state index is 12.6. The Morgan fingerprint density at radius 3 is 2.45 bits per heavy atom. The lowest BCUT2D eigenvalue weighted by atomic mass is 10.0. The van der Waals surface area contributed by atoms with Gasteiger partial charge in [0.2, 0.25) is 0 Å². The van der Waals surface area contributed by atoms with Crippen LogP contribution in [-0.2, 0) is 0 Å². The van der Waals surface area contributed by atoms with Gasteiger partial charge >= 0.3 is 0 Å². The van der Waals surface area contributed by atoms with Gasteiger partial charge in [0, 0.05) is 24.7 Å².